The van der Waals surface area contributed by atoms with Crippen molar-refractivity contribution in [3.05, 3.63) is 23.9 Å². The number of unbranched alkanes of at least 4 members (excludes halogenated alkanes) is 1. The van der Waals surface area contributed by atoms with Crippen LogP contribution in [0.5, 0.6) is 5.88 Å². The Balaban J connectivity index is 0.000000416. The normalized spacial score (nSPS) is 15.5. The Kier molecular flexibility index (Phi) is 11.0. The molecule has 1 aliphatic rings. The second-order valence-corrected chi connectivity index (χ2v) is 7.00. The van der Waals surface area contributed by atoms with Crippen LogP contribution in [0.1, 0.15) is 51.6 Å². The molecule has 8 nitrogen and oxygen atoms in total. The van der Waals surface area contributed by atoms with Gasteiger partial charge in [0.15, 0.2) is 0 Å². The number of nitrogens with zero attached hydrogens (tertiary/aromatic N) is 3. The van der Waals surface area contributed by atoms with Crippen LogP contribution in [0, 0.1) is 0 Å². The molecule has 0 saturated carbocycles. The van der Waals surface area contributed by atoms with Crippen molar-refractivity contribution in [2.75, 3.05) is 20.1 Å². The average molecular weight is 412 g/mol. The summed E-state index contributed by atoms with van der Waals surface area (Å²) < 4.78 is 14.9. The number of aromatic nitrogens is 2. The van der Waals surface area contributed by atoms with Crippen LogP contribution in [0.2, 0.25) is 0 Å². The maximum atomic E-state index is 9.55. The highest BCUT2D eigenvalue weighted by Crippen LogP contribution is 2.28. The van der Waals surface area contributed by atoms with Gasteiger partial charge < -0.3 is 19.8 Å². The average Bonchev–Trinajstić information content (AvgIpc) is 3.12. The molecule has 0 aliphatic carbocycles. The van der Waals surface area contributed by atoms with E-state index in [0.29, 0.717) is 12.2 Å². The van der Waals surface area contributed by atoms with Crippen molar-refractivity contribution < 1.29 is 24.5 Å². The monoisotopic (exact) mass is 411 g/mol. The Morgan fingerprint density at radius 3 is 2.50 bits per heavy atom. The first-order chi connectivity index (χ1) is 13.4. The highest BCUT2D eigenvalue weighted by molar-refractivity contribution is 6.99. The fourth-order valence-corrected chi connectivity index (χ4v) is 3.12. The first-order valence-electron chi connectivity index (χ1n) is 9.38. The summed E-state index contributed by atoms with van der Waals surface area (Å²) in [5.74, 6) is -1.78. The molecule has 0 bridgehead atoms. The molecule has 1 aliphatic heterocycles. The summed E-state index contributed by atoms with van der Waals surface area (Å²) in [5, 5.41) is 15.6. The van der Waals surface area contributed by atoms with Gasteiger partial charge in [0, 0.05) is 25.2 Å². The number of carboxylic acid groups (broad SMARTS) is 2. The molecule has 1 aromatic rings. The summed E-state index contributed by atoms with van der Waals surface area (Å²) >= 11 is 1.25. The molecule has 2 N–H and O–H groups in total. The molecule has 28 heavy (non-hydrogen) atoms. The number of rotatable bonds is 9. The van der Waals surface area contributed by atoms with Crippen LogP contribution in [0.15, 0.2) is 18.2 Å². The van der Waals surface area contributed by atoms with Gasteiger partial charge in [0.2, 0.25) is 0 Å². The third-order valence-corrected chi connectivity index (χ3v) is 4.60. The lowest BCUT2D eigenvalue weighted by molar-refractivity contribution is -0.134. The van der Waals surface area contributed by atoms with E-state index in [1.165, 1.54) is 30.1 Å². The highest BCUT2D eigenvalue weighted by atomic mass is 32.1. The number of ether oxygens (including phenoxy) is 1. The van der Waals surface area contributed by atoms with Gasteiger partial charge in [-0.15, -0.1) is 4.37 Å². The Morgan fingerprint density at radius 1 is 1.29 bits per heavy atom. The first-order valence-corrected chi connectivity index (χ1v) is 10.1. The van der Waals surface area contributed by atoms with E-state index in [-0.39, 0.29) is 6.10 Å². The van der Waals surface area contributed by atoms with Crippen molar-refractivity contribution in [3.8, 4) is 5.88 Å². The van der Waals surface area contributed by atoms with Gasteiger partial charge in [-0.05, 0) is 31.9 Å². The summed E-state index contributed by atoms with van der Waals surface area (Å²) in [5.41, 5.74) is 2.21. The molecule has 156 valence electrons. The number of likely N-dealkylation sites (N-methyl/N-ethyl adjacent to an activating group) is 1. The van der Waals surface area contributed by atoms with Crippen molar-refractivity contribution in [1.29, 1.82) is 0 Å². The van der Waals surface area contributed by atoms with E-state index in [1.54, 1.807) is 0 Å². The van der Waals surface area contributed by atoms with Crippen molar-refractivity contribution in [2.24, 2.45) is 0 Å². The molecule has 1 atom stereocenters. The second-order valence-electron chi connectivity index (χ2n) is 6.47. The number of hydrogen-bond donors (Lipinski definition) is 2. The first kappa shape index (κ1) is 23.8. The highest BCUT2D eigenvalue weighted by Gasteiger charge is 2.20. The zero-order chi connectivity index (χ0) is 20.9. The van der Waals surface area contributed by atoms with E-state index in [2.05, 4.69) is 40.6 Å². The van der Waals surface area contributed by atoms with Crippen LogP contribution in [0.25, 0.3) is 5.57 Å². The molecule has 0 radical (unpaired) electrons. The molecule has 0 saturated heterocycles. The lowest BCUT2D eigenvalue weighted by Gasteiger charge is -2.23. The summed E-state index contributed by atoms with van der Waals surface area (Å²) in [6, 6.07) is 0. The van der Waals surface area contributed by atoms with Crippen LogP contribution < -0.4 is 4.74 Å². The zero-order valence-corrected chi connectivity index (χ0v) is 17.4. The fraction of sp³-hybridized carbons (Fsp3) is 0.579. The van der Waals surface area contributed by atoms with E-state index >= 15 is 0 Å². The van der Waals surface area contributed by atoms with Gasteiger partial charge >= 0.3 is 11.9 Å². The topological polar surface area (TPSA) is 113 Å². The smallest absolute Gasteiger partial charge is 0.328 e. The van der Waals surface area contributed by atoms with Gasteiger partial charge in [-0.25, -0.2) is 9.59 Å². The molecule has 0 amide bonds. The number of carbonyl (C=O) groups is 2. The van der Waals surface area contributed by atoms with Crippen LogP contribution in [-0.4, -0.2) is 62.0 Å². The molecule has 2 heterocycles. The summed E-state index contributed by atoms with van der Waals surface area (Å²) in [6.07, 6.45) is 9.27. The maximum absolute atomic E-state index is 9.55. The van der Waals surface area contributed by atoms with Gasteiger partial charge in [0.1, 0.15) is 11.8 Å². The number of aliphatic carboxylic acids is 2. The lowest BCUT2D eigenvalue weighted by Crippen LogP contribution is -2.25. The Bertz CT molecular complexity index is 671. The molecular formula is C19H29N3O5S. The maximum Gasteiger partial charge on any atom is 0.328 e. The van der Waals surface area contributed by atoms with Gasteiger partial charge in [0.25, 0.3) is 5.88 Å². The Labute approximate surface area is 169 Å². The second kappa shape index (κ2) is 13.0. The van der Waals surface area contributed by atoms with E-state index in [4.69, 9.17) is 14.9 Å². The van der Waals surface area contributed by atoms with Crippen LogP contribution in [-0.2, 0) is 9.59 Å². The van der Waals surface area contributed by atoms with Crippen molar-refractivity contribution in [2.45, 2.75) is 52.1 Å². The molecular weight excluding hydrogens is 382 g/mol. The molecule has 9 heteroatoms. The van der Waals surface area contributed by atoms with E-state index in [0.717, 1.165) is 43.9 Å². The Morgan fingerprint density at radius 2 is 1.96 bits per heavy atom. The van der Waals surface area contributed by atoms with E-state index < -0.39 is 11.9 Å². The van der Waals surface area contributed by atoms with Crippen LogP contribution in [0.4, 0.5) is 0 Å². The van der Waals surface area contributed by atoms with Crippen molar-refractivity contribution in [1.82, 2.24) is 13.6 Å². The van der Waals surface area contributed by atoms with Crippen molar-refractivity contribution in [3.63, 3.8) is 0 Å². The van der Waals surface area contributed by atoms with Crippen molar-refractivity contribution >= 4 is 29.2 Å². The zero-order valence-electron chi connectivity index (χ0n) is 16.6. The largest absolute Gasteiger partial charge is 0.478 e. The lowest BCUT2D eigenvalue weighted by atomic mass is 10.1. The van der Waals surface area contributed by atoms with Gasteiger partial charge in [0.05, 0.1) is 11.7 Å². The minimum atomic E-state index is -1.26. The standard InChI is InChI=1S/C15H25N3OS.C4H4O4/c1-4-6-9-13(5-2)19-15-14(16-20-17-15)12-8-7-10-18(3)11-12;5-3(6)1-2-4(7)8/h8,13H,4-7,9-11H2,1-3H3;1-2H,(H,5,6)(H,7,8). The van der Waals surface area contributed by atoms with E-state index in [9.17, 15) is 9.59 Å². The summed E-state index contributed by atoms with van der Waals surface area (Å²) in [4.78, 5) is 21.4. The predicted octanol–water partition coefficient (Wildman–Crippen LogP) is 3.32. The number of hydrogen-bond acceptors (Lipinski definition) is 7. The minimum Gasteiger partial charge on any atom is -0.478 e. The minimum absolute atomic E-state index is 0.263. The summed E-state index contributed by atoms with van der Waals surface area (Å²) in [7, 11) is 2.14. The molecule has 0 spiro atoms. The molecule has 1 unspecified atom stereocenters. The quantitative estimate of drug-likeness (QED) is 0.595. The van der Waals surface area contributed by atoms with Gasteiger partial charge in [-0.3, -0.25) is 0 Å². The summed E-state index contributed by atoms with van der Waals surface area (Å²) in [6.45, 7) is 6.44. The molecule has 0 aromatic carbocycles. The van der Waals surface area contributed by atoms with Gasteiger partial charge in [-0.1, -0.05) is 32.8 Å². The molecule has 1 aromatic heterocycles. The SMILES string of the molecule is CCCCC(CC)Oc1nsnc1C1=CCCN(C)C1.O=C(O)C=CC(=O)O. The fourth-order valence-electron chi connectivity index (χ4n) is 2.60. The van der Waals surface area contributed by atoms with Crippen LogP contribution >= 0.6 is 11.7 Å². The third-order valence-electron chi connectivity index (χ3n) is 4.09. The van der Waals surface area contributed by atoms with Gasteiger partial charge in [-0.2, -0.15) is 4.37 Å². The van der Waals surface area contributed by atoms with E-state index in [1.807, 2.05) is 0 Å². The number of carboxylic acids is 2. The predicted molar refractivity (Wildman–Crippen MR) is 109 cm³/mol. The third kappa shape index (κ3) is 9.09. The Hall–Kier alpha value is -2.26. The molecule has 0 fully saturated rings. The van der Waals surface area contributed by atoms with Crippen LogP contribution in [0.3, 0.4) is 0 Å². The molecule has 2 rings (SSSR count).